The third-order valence-corrected chi connectivity index (χ3v) is 3.09. The average Bonchev–Trinajstić information content (AvgIpc) is 2.26. The fourth-order valence-corrected chi connectivity index (χ4v) is 2.04. The summed E-state index contributed by atoms with van der Waals surface area (Å²) in [5.74, 6) is 0.763. The molecule has 2 aromatic rings. The number of hydrogen-bond acceptors (Lipinski definition) is 2. The van der Waals surface area contributed by atoms with Crippen LogP contribution in [-0.4, -0.2) is 0 Å². The number of fused-ring (bicyclic) bond motifs is 1. The summed E-state index contributed by atoms with van der Waals surface area (Å²) >= 11 is 0. The van der Waals surface area contributed by atoms with Crippen molar-refractivity contribution in [2.24, 2.45) is 0 Å². The molecule has 0 spiro atoms. The molecular weight excluding hydrogens is 212 g/mol. The summed E-state index contributed by atoms with van der Waals surface area (Å²) in [4.78, 5) is 11.5. The Morgan fingerprint density at radius 2 is 1.71 bits per heavy atom. The zero-order chi connectivity index (χ0) is 12.6. The zero-order valence-electron chi connectivity index (χ0n) is 10.8. The molecule has 2 heteroatoms. The number of benzene rings is 1. The highest BCUT2D eigenvalue weighted by Crippen LogP contribution is 2.26. The van der Waals surface area contributed by atoms with E-state index >= 15 is 0 Å². The molecule has 0 N–H and O–H groups in total. The molecule has 1 aromatic carbocycles. The van der Waals surface area contributed by atoms with E-state index in [4.69, 9.17) is 4.42 Å². The fraction of sp³-hybridized carbons (Fsp3) is 0.400. The Labute approximate surface area is 101 Å². The summed E-state index contributed by atoms with van der Waals surface area (Å²) in [5.41, 5.74) is 2.70. The van der Waals surface area contributed by atoms with Crippen molar-refractivity contribution in [3.05, 3.63) is 45.8 Å². The van der Waals surface area contributed by atoms with E-state index in [1.807, 2.05) is 6.07 Å². The van der Waals surface area contributed by atoms with Crippen LogP contribution in [0, 0.1) is 0 Å². The summed E-state index contributed by atoms with van der Waals surface area (Å²) in [7, 11) is 0. The highest BCUT2D eigenvalue weighted by molar-refractivity contribution is 5.81. The smallest absolute Gasteiger partial charge is 0.336 e. The van der Waals surface area contributed by atoms with Gasteiger partial charge in [0.15, 0.2) is 0 Å². The van der Waals surface area contributed by atoms with Gasteiger partial charge in [0, 0.05) is 11.5 Å². The number of hydrogen-bond donors (Lipinski definition) is 0. The Balaban J connectivity index is 2.75. The van der Waals surface area contributed by atoms with Crippen molar-refractivity contribution < 1.29 is 4.42 Å². The highest BCUT2D eigenvalue weighted by atomic mass is 16.4. The molecule has 0 aliphatic carbocycles. The predicted molar refractivity (Wildman–Crippen MR) is 70.7 cm³/mol. The molecule has 90 valence electrons. The summed E-state index contributed by atoms with van der Waals surface area (Å²) in [5, 5.41) is 1.05. The van der Waals surface area contributed by atoms with Gasteiger partial charge in [-0.1, -0.05) is 39.8 Å². The molecule has 0 fully saturated rings. The molecule has 0 atom stereocenters. The van der Waals surface area contributed by atoms with E-state index < -0.39 is 0 Å². The lowest BCUT2D eigenvalue weighted by Gasteiger charge is -2.11. The van der Waals surface area contributed by atoms with Crippen molar-refractivity contribution in [1.29, 1.82) is 0 Å². The average molecular weight is 230 g/mol. The SMILES string of the molecule is CC(C)c1ccc2c(C(C)C)cc(=O)oc2c1. The lowest BCUT2D eigenvalue weighted by molar-refractivity contribution is 0.556. The van der Waals surface area contributed by atoms with Crippen molar-refractivity contribution in [1.82, 2.24) is 0 Å². The maximum absolute atomic E-state index is 11.5. The first kappa shape index (κ1) is 11.9. The third-order valence-electron chi connectivity index (χ3n) is 3.09. The van der Waals surface area contributed by atoms with Gasteiger partial charge in [-0.3, -0.25) is 0 Å². The van der Waals surface area contributed by atoms with E-state index in [9.17, 15) is 4.79 Å². The second-order valence-corrected chi connectivity index (χ2v) is 5.09. The molecule has 0 bridgehead atoms. The molecule has 0 amide bonds. The van der Waals surface area contributed by atoms with E-state index in [2.05, 4.69) is 39.8 Å². The largest absolute Gasteiger partial charge is 0.423 e. The van der Waals surface area contributed by atoms with Crippen LogP contribution < -0.4 is 5.63 Å². The van der Waals surface area contributed by atoms with Gasteiger partial charge in [-0.2, -0.15) is 0 Å². The van der Waals surface area contributed by atoms with Crippen LogP contribution in [0.2, 0.25) is 0 Å². The van der Waals surface area contributed by atoms with Crippen molar-refractivity contribution in [3.63, 3.8) is 0 Å². The Hall–Kier alpha value is -1.57. The molecular formula is C15H18O2. The summed E-state index contributed by atoms with van der Waals surface area (Å²) in [6.07, 6.45) is 0. The minimum Gasteiger partial charge on any atom is -0.423 e. The molecule has 2 nitrogen and oxygen atoms in total. The lowest BCUT2D eigenvalue weighted by atomic mass is 9.96. The Morgan fingerprint density at radius 1 is 1.00 bits per heavy atom. The normalized spacial score (nSPS) is 11.6. The molecule has 17 heavy (non-hydrogen) atoms. The van der Waals surface area contributed by atoms with Crippen LogP contribution >= 0.6 is 0 Å². The van der Waals surface area contributed by atoms with Gasteiger partial charge in [0.05, 0.1) is 0 Å². The van der Waals surface area contributed by atoms with Gasteiger partial charge in [-0.25, -0.2) is 4.79 Å². The van der Waals surface area contributed by atoms with Crippen LogP contribution in [0.4, 0.5) is 0 Å². The van der Waals surface area contributed by atoms with Crippen LogP contribution in [0.15, 0.2) is 33.5 Å². The van der Waals surface area contributed by atoms with Gasteiger partial charge in [0.1, 0.15) is 5.58 Å². The van der Waals surface area contributed by atoms with E-state index in [-0.39, 0.29) is 5.63 Å². The first-order valence-electron chi connectivity index (χ1n) is 6.06. The Kier molecular flexibility index (Phi) is 3.05. The van der Waals surface area contributed by atoms with Crippen LogP contribution in [0.5, 0.6) is 0 Å². The van der Waals surface area contributed by atoms with Crippen LogP contribution in [0.3, 0.4) is 0 Å². The first-order valence-corrected chi connectivity index (χ1v) is 6.06. The molecule has 0 radical (unpaired) electrons. The quantitative estimate of drug-likeness (QED) is 0.729. The van der Waals surface area contributed by atoms with Gasteiger partial charge in [0.2, 0.25) is 0 Å². The fourth-order valence-electron chi connectivity index (χ4n) is 2.04. The van der Waals surface area contributed by atoms with Crippen LogP contribution in [0.25, 0.3) is 11.0 Å². The molecule has 0 aliphatic heterocycles. The van der Waals surface area contributed by atoms with Gasteiger partial charge >= 0.3 is 5.63 Å². The van der Waals surface area contributed by atoms with Gasteiger partial charge in [0.25, 0.3) is 0 Å². The number of rotatable bonds is 2. The third kappa shape index (κ3) is 2.26. The standard InChI is InChI=1S/C15H18O2/c1-9(2)11-5-6-12-13(10(3)4)8-15(16)17-14(12)7-11/h5-10H,1-4H3. The maximum Gasteiger partial charge on any atom is 0.336 e. The minimum atomic E-state index is -0.262. The predicted octanol–water partition coefficient (Wildman–Crippen LogP) is 4.04. The monoisotopic (exact) mass is 230 g/mol. The molecule has 1 aromatic heterocycles. The van der Waals surface area contributed by atoms with E-state index in [0.29, 0.717) is 17.4 Å². The molecule has 0 saturated carbocycles. The van der Waals surface area contributed by atoms with Gasteiger partial charge in [-0.15, -0.1) is 0 Å². The van der Waals surface area contributed by atoms with Crippen molar-refractivity contribution in [3.8, 4) is 0 Å². The molecule has 0 unspecified atom stereocenters. The van der Waals surface area contributed by atoms with Crippen LogP contribution in [-0.2, 0) is 0 Å². The Bertz CT molecular complexity index is 591. The van der Waals surface area contributed by atoms with Crippen LogP contribution in [0.1, 0.15) is 50.7 Å². The first-order chi connectivity index (χ1) is 7.99. The maximum atomic E-state index is 11.5. The molecule has 0 saturated heterocycles. The zero-order valence-corrected chi connectivity index (χ0v) is 10.8. The van der Waals surface area contributed by atoms with Gasteiger partial charge < -0.3 is 4.42 Å². The van der Waals surface area contributed by atoms with E-state index in [1.165, 1.54) is 5.56 Å². The topological polar surface area (TPSA) is 30.2 Å². The summed E-state index contributed by atoms with van der Waals surface area (Å²) < 4.78 is 5.29. The highest BCUT2D eigenvalue weighted by Gasteiger charge is 2.10. The van der Waals surface area contributed by atoms with Crippen molar-refractivity contribution in [2.75, 3.05) is 0 Å². The van der Waals surface area contributed by atoms with Crippen molar-refractivity contribution >= 4 is 11.0 Å². The summed E-state index contributed by atoms with van der Waals surface area (Å²) in [6, 6.07) is 7.75. The Morgan fingerprint density at radius 3 is 2.29 bits per heavy atom. The molecule has 0 aliphatic rings. The van der Waals surface area contributed by atoms with Crippen molar-refractivity contribution in [2.45, 2.75) is 39.5 Å². The second-order valence-electron chi connectivity index (χ2n) is 5.09. The summed E-state index contributed by atoms with van der Waals surface area (Å²) in [6.45, 7) is 8.44. The van der Waals surface area contributed by atoms with E-state index in [0.717, 1.165) is 10.9 Å². The van der Waals surface area contributed by atoms with Gasteiger partial charge in [-0.05, 0) is 29.0 Å². The second kappa shape index (κ2) is 4.36. The molecule has 1 heterocycles. The minimum absolute atomic E-state index is 0.262. The molecule has 2 rings (SSSR count). The lowest BCUT2D eigenvalue weighted by Crippen LogP contribution is -2.02. The van der Waals surface area contributed by atoms with E-state index in [1.54, 1.807) is 6.07 Å².